The van der Waals surface area contributed by atoms with Crippen molar-refractivity contribution in [3.05, 3.63) is 0 Å². The zero-order valence-corrected chi connectivity index (χ0v) is 66.0. The average molecular weight is 1470 g/mol. The van der Waals surface area contributed by atoms with E-state index in [1.165, 1.54) is 32.1 Å². The van der Waals surface area contributed by atoms with Gasteiger partial charge in [0.15, 0.2) is 18.4 Å². The highest BCUT2D eigenvalue weighted by atomic mass is 31.2. The van der Waals surface area contributed by atoms with E-state index < -0.39 is 131 Å². The second kappa shape index (κ2) is 65.6. The van der Waals surface area contributed by atoms with E-state index in [9.17, 15) is 58.1 Å². The van der Waals surface area contributed by atoms with E-state index in [0.29, 0.717) is 51.4 Å². The molecule has 0 aromatic carbocycles. The van der Waals surface area contributed by atoms with Gasteiger partial charge in [0, 0.05) is 19.3 Å². The number of aliphatic hydroxyl groups is 1. The molecule has 1 fully saturated rings. The smallest absolute Gasteiger partial charge is 0.470 e. The number of carboxylic acid groups (broad SMARTS) is 1. The van der Waals surface area contributed by atoms with Crippen LogP contribution in [0.1, 0.15) is 401 Å². The Morgan fingerprint density at radius 1 is 0.402 bits per heavy atom. The summed E-state index contributed by atoms with van der Waals surface area (Å²) in [5.41, 5.74) is 0. The van der Waals surface area contributed by atoms with Crippen molar-refractivity contribution in [1.82, 2.24) is 10.6 Å². The molecule has 1 heterocycles. The molecule has 0 aliphatic carbocycles. The fraction of sp³-hybridized carbons (Fsp3) is 0.912. The number of unbranched alkanes of at least 4 members (excludes halogenated alkanes) is 41. The van der Waals surface area contributed by atoms with Crippen molar-refractivity contribution in [2.75, 3.05) is 13.2 Å². The van der Waals surface area contributed by atoms with Crippen LogP contribution in [-0.4, -0.2) is 130 Å². The van der Waals surface area contributed by atoms with Crippen molar-refractivity contribution >= 4 is 49.5 Å². The van der Waals surface area contributed by atoms with E-state index in [-0.39, 0.29) is 32.1 Å². The van der Waals surface area contributed by atoms with Gasteiger partial charge in [0.25, 0.3) is 0 Å². The molecule has 21 nitrogen and oxygen atoms in total. The summed E-state index contributed by atoms with van der Waals surface area (Å²) in [6.45, 7) is 11.1. The Bertz CT molecular complexity index is 2150. The van der Waals surface area contributed by atoms with E-state index in [1.54, 1.807) is 0 Å². The summed E-state index contributed by atoms with van der Waals surface area (Å²) in [5.74, 6) is -5.54. The Balaban J connectivity index is 3.86. The quantitative estimate of drug-likeness (QED) is 0.0143. The van der Waals surface area contributed by atoms with E-state index in [2.05, 4.69) is 52.2 Å². The molecule has 9 atom stereocenters. The molecule has 0 aromatic rings. The van der Waals surface area contributed by atoms with Gasteiger partial charge in [0.05, 0.1) is 32.5 Å². The molecule has 6 N–H and O–H groups in total. The molecular weight excluding hydrogens is 1320 g/mol. The molecule has 0 aromatic heterocycles. The second-order valence-electron chi connectivity index (χ2n) is 29.2. The maximum atomic E-state index is 14.8. The van der Waals surface area contributed by atoms with Gasteiger partial charge in [-0.2, -0.15) is 0 Å². The minimum atomic E-state index is -5.56. The third-order valence-corrected chi connectivity index (χ3v) is 20.0. The van der Waals surface area contributed by atoms with E-state index >= 15 is 0 Å². The minimum absolute atomic E-state index is 0.125. The molecule has 0 spiro atoms. The number of hydrogen-bond acceptors (Lipinski definition) is 16. The summed E-state index contributed by atoms with van der Waals surface area (Å²) in [4.78, 5) is 118. The second-order valence-corrected chi connectivity index (χ2v) is 30.4. The third kappa shape index (κ3) is 54.0. The van der Waals surface area contributed by atoms with Gasteiger partial charge in [-0.15, -0.1) is 0 Å². The maximum absolute atomic E-state index is 14.8. The fourth-order valence-corrected chi connectivity index (χ4v) is 13.9. The first-order valence-electron chi connectivity index (χ1n) is 41.6. The highest BCUT2D eigenvalue weighted by Crippen LogP contribution is 2.42. The predicted octanol–water partition coefficient (Wildman–Crippen LogP) is 18.9. The first-order valence-corrected chi connectivity index (χ1v) is 43.1. The van der Waals surface area contributed by atoms with Crippen LogP contribution in [0.2, 0.25) is 0 Å². The number of amides is 2. The number of rotatable bonds is 72. The van der Waals surface area contributed by atoms with Crippen LogP contribution in [0.4, 0.5) is 0 Å². The molecule has 22 heteroatoms. The van der Waals surface area contributed by atoms with Crippen molar-refractivity contribution in [3.8, 4) is 0 Å². The summed E-state index contributed by atoms with van der Waals surface area (Å²) < 4.78 is 54.8. The van der Waals surface area contributed by atoms with Crippen molar-refractivity contribution in [1.29, 1.82) is 0 Å². The number of carboxylic acids is 1. The number of carbonyl (C=O) groups is 7. The van der Waals surface area contributed by atoms with E-state index in [1.807, 2.05) is 0 Å². The monoisotopic (exact) mass is 1470 g/mol. The Morgan fingerprint density at radius 2 is 0.706 bits per heavy atom. The Kier molecular flexibility index (Phi) is 61.9. The first kappa shape index (κ1) is 96.3. The van der Waals surface area contributed by atoms with Crippen LogP contribution in [0, 0.1) is 0 Å². The van der Waals surface area contributed by atoms with Crippen LogP contribution in [0.5, 0.6) is 0 Å². The van der Waals surface area contributed by atoms with Gasteiger partial charge in [0.1, 0.15) is 36.6 Å². The number of phosphoric ester groups is 1. The third-order valence-electron chi connectivity index (χ3n) is 19.4. The molecule has 0 radical (unpaired) electrons. The number of esters is 4. The molecule has 2 unspecified atom stereocenters. The summed E-state index contributed by atoms with van der Waals surface area (Å²) in [7, 11) is -5.56. The van der Waals surface area contributed by atoms with Crippen LogP contribution >= 0.6 is 7.82 Å². The van der Waals surface area contributed by atoms with Crippen LogP contribution in [-0.2, 0) is 71.1 Å². The van der Waals surface area contributed by atoms with Gasteiger partial charge >= 0.3 is 37.7 Å². The van der Waals surface area contributed by atoms with Gasteiger partial charge in [-0.25, -0.2) is 9.36 Å². The average Bonchev–Trinajstić information content (AvgIpc) is 0.781. The molecule has 102 heavy (non-hydrogen) atoms. The first-order chi connectivity index (χ1) is 49.3. The highest BCUT2D eigenvalue weighted by Gasteiger charge is 2.52. The Hall–Kier alpha value is -3.72. The molecule has 598 valence electrons. The van der Waals surface area contributed by atoms with Crippen molar-refractivity contribution in [2.45, 2.75) is 456 Å². The number of nitrogens with one attached hydrogen (secondary N) is 2. The molecule has 2 amide bonds. The summed E-state index contributed by atoms with van der Waals surface area (Å²) in [6.07, 6.45) is 36.8. The van der Waals surface area contributed by atoms with Gasteiger partial charge in [-0.3, -0.25) is 33.3 Å². The minimum Gasteiger partial charge on any atom is -0.480 e. The summed E-state index contributed by atoms with van der Waals surface area (Å²) in [5, 5.41) is 26.9. The lowest BCUT2D eigenvalue weighted by Gasteiger charge is -2.45. The maximum Gasteiger partial charge on any atom is 0.470 e. The molecule has 1 rings (SSSR count). The zero-order valence-electron chi connectivity index (χ0n) is 65.1. The van der Waals surface area contributed by atoms with Crippen molar-refractivity contribution in [2.24, 2.45) is 0 Å². The number of aliphatic hydroxyl groups excluding tert-OH is 1. The predicted molar refractivity (Wildman–Crippen MR) is 402 cm³/mol. The molecule has 1 aliphatic rings. The van der Waals surface area contributed by atoms with Crippen LogP contribution < -0.4 is 10.6 Å². The SMILES string of the molecule is CCCCCCCCCCC[C@H](CC(=O)NC1[C@H](OC[C@H](NC(=O)C[C@@H](CCCCCCCCCC)OC(=O)CCCCCCCCC)C(=O)O)OC(CO)[C@@H](OP(=O)(O)O)[C@@H]1OC(=O)C[C@@H](CCCCCCCCCCC)OC(=O)CCCCCCCCC)OC(=O)CCCCCCCCC. The molecular formula is C80H149N2O19P. The fourth-order valence-electron chi connectivity index (χ4n) is 13.3. The standard InChI is InChI=1S/C80H149N2O19P/c1-7-13-19-25-31-34-40-43-49-55-66(97-73(87)58-52-46-37-29-23-17-11-5)61-71(85)82-76-78(100-75(89)62-67(56-50-44-41-35-32-26-20-14-8-2)98-74(88)59-53-47-38-30-24-18-12-6)77(101-102(92,93)94)69(63-83)99-80(76)95-64-68(79(90)91)81-70(84)60-65(54-48-42-39-33-27-21-15-9-3)96-72(86)57-51-45-36-28-22-16-10-4/h65-69,76-78,80,83H,7-64H2,1-6H3,(H,81,84)(H,82,85)(H,90,91)(H2,92,93,94)/t65-,66-,67-,68+,69?,76?,77-,78-,80-/m1/s1. The molecule has 0 saturated carbocycles. The van der Waals surface area contributed by atoms with Crippen molar-refractivity contribution < 1.29 is 91.1 Å². The van der Waals surface area contributed by atoms with Crippen LogP contribution in [0.25, 0.3) is 0 Å². The molecule has 1 saturated heterocycles. The topological polar surface area (TPSA) is 306 Å². The highest BCUT2D eigenvalue weighted by molar-refractivity contribution is 7.46. The van der Waals surface area contributed by atoms with E-state index in [4.69, 9.17) is 32.9 Å². The van der Waals surface area contributed by atoms with Gasteiger partial charge in [-0.05, 0) is 57.8 Å². The summed E-state index contributed by atoms with van der Waals surface area (Å²) >= 11 is 0. The Labute approximate surface area is 617 Å². The van der Waals surface area contributed by atoms with Gasteiger partial charge in [-0.1, -0.05) is 305 Å². The number of aliphatic carboxylic acids is 1. The van der Waals surface area contributed by atoms with E-state index in [0.717, 1.165) is 231 Å². The molecule has 0 bridgehead atoms. The molecule has 1 aliphatic heterocycles. The van der Waals surface area contributed by atoms with Crippen LogP contribution in [0.3, 0.4) is 0 Å². The lowest BCUT2D eigenvalue weighted by atomic mass is 9.95. The Morgan fingerprint density at radius 3 is 1.02 bits per heavy atom. The van der Waals surface area contributed by atoms with Gasteiger partial charge in [0.2, 0.25) is 11.8 Å². The van der Waals surface area contributed by atoms with Crippen LogP contribution in [0.15, 0.2) is 0 Å². The zero-order chi connectivity index (χ0) is 75.1. The largest absolute Gasteiger partial charge is 0.480 e. The number of carbonyl (C=O) groups excluding carboxylic acids is 6. The number of hydrogen-bond donors (Lipinski definition) is 6. The normalized spacial score (nSPS) is 17.3. The lowest BCUT2D eigenvalue weighted by Crippen LogP contribution is -2.66. The number of ether oxygens (including phenoxy) is 6. The summed E-state index contributed by atoms with van der Waals surface area (Å²) in [6, 6.07) is -3.60. The lowest BCUT2D eigenvalue weighted by molar-refractivity contribution is -0.272. The number of phosphoric acid groups is 1. The van der Waals surface area contributed by atoms with Crippen molar-refractivity contribution in [3.63, 3.8) is 0 Å². The van der Waals surface area contributed by atoms with Gasteiger partial charge < -0.3 is 59.1 Å².